The minimum Gasteiger partial charge on any atom is -0.504 e. The molecule has 66 valence electrons. The van der Waals surface area contributed by atoms with Crippen molar-refractivity contribution in [3.8, 4) is 11.5 Å². The van der Waals surface area contributed by atoms with Crippen molar-refractivity contribution in [1.29, 1.82) is 0 Å². The lowest BCUT2D eigenvalue weighted by Crippen LogP contribution is -1.91. The number of rotatable bonds is 2. The zero-order chi connectivity index (χ0) is 9.14. The summed E-state index contributed by atoms with van der Waals surface area (Å²) in [5.41, 5.74) is 1.89. The van der Waals surface area contributed by atoms with E-state index in [9.17, 15) is 5.11 Å². The van der Waals surface area contributed by atoms with Crippen LogP contribution < -0.4 is 4.74 Å². The summed E-state index contributed by atoms with van der Waals surface area (Å²) >= 11 is 0. The van der Waals surface area contributed by atoms with Gasteiger partial charge in [0.2, 0.25) is 0 Å². The van der Waals surface area contributed by atoms with Crippen molar-refractivity contribution in [2.24, 2.45) is 0 Å². The Labute approximate surface area is 72.8 Å². The maximum Gasteiger partial charge on any atom is 0.163 e. The average molecular weight is 166 g/mol. The van der Waals surface area contributed by atoms with Gasteiger partial charge in [-0.25, -0.2) is 0 Å². The number of aryl methyl sites for hydroxylation is 2. The SMILES string of the molecule is CCc1ccc(C)c(OC)c1O. The molecule has 1 N–H and O–H groups in total. The van der Waals surface area contributed by atoms with Crippen molar-refractivity contribution in [1.82, 2.24) is 0 Å². The van der Waals surface area contributed by atoms with E-state index in [1.54, 1.807) is 7.11 Å². The number of methoxy groups -OCH3 is 1. The van der Waals surface area contributed by atoms with E-state index in [0.717, 1.165) is 17.5 Å². The third-order valence-electron chi connectivity index (χ3n) is 2.00. The van der Waals surface area contributed by atoms with Gasteiger partial charge in [0, 0.05) is 0 Å². The summed E-state index contributed by atoms with van der Waals surface area (Å²) in [4.78, 5) is 0. The Balaban J connectivity index is 3.24. The van der Waals surface area contributed by atoms with Gasteiger partial charge < -0.3 is 9.84 Å². The lowest BCUT2D eigenvalue weighted by atomic mass is 10.1. The lowest BCUT2D eigenvalue weighted by Gasteiger charge is -2.09. The number of benzene rings is 1. The van der Waals surface area contributed by atoms with Gasteiger partial charge >= 0.3 is 0 Å². The molecule has 2 nitrogen and oxygen atoms in total. The first-order valence-corrected chi connectivity index (χ1v) is 4.06. The average Bonchev–Trinajstić information content (AvgIpc) is 2.06. The fourth-order valence-electron chi connectivity index (χ4n) is 1.26. The molecule has 0 radical (unpaired) electrons. The van der Waals surface area contributed by atoms with E-state index < -0.39 is 0 Å². The molecule has 0 aliphatic heterocycles. The molecule has 0 spiro atoms. The van der Waals surface area contributed by atoms with Gasteiger partial charge in [0.25, 0.3) is 0 Å². The highest BCUT2D eigenvalue weighted by atomic mass is 16.5. The lowest BCUT2D eigenvalue weighted by molar-refractivity contribution is 0.368. The minimum atomic E-state index is 0.278. The first-order valence-electron chi connectivity index (χ1n) is 4.06. The van der Waals surface area contributed by atoms with Crippen molar-refractivity contribution >= 4 is 0 Å². The van der Waals surface area contributed by atoms with E-state index in [1.807, 2.05) is 26.0 Å². The van der Waals surface area contributed by atoms with Crippen molar-refractivity contribution in [2.75, 3.05) is 7.11 Å². The summed E-state index contributed by atoms with van der Waals surface area (Å²) in [6.07, 6.45) is 0.822. The summed E-state index contributed by atoms with van der Waals surface area (Å²) in [5.74, 6) is 0.870. The van der Waals surface area contributed by atoms with E-state index >= 15 is 0 Å². The van der Waals surface area contributed by atoms with Gasteiger partial charge in [-0.05, 0) is 24.5 Å². The Morgan fingerprint density at radius 3 is 2.58 bits per heavy atom. The zero-order valence-electron chi connectivity index (χ0n) is 7.72. The van der Waals surface area contributed by atoms with Crippen LogP contribution in [0.5, 0.6) is 11.5 Å². The molecule has 0 atom stereocenters. The highest BCUT2D eigenvalue weighted by Crippen LogP contribution is 2.33. The van der Waals surface area contributed by atoms with E-state index in [-0.39, 0.29) is 5.75 Å². The van der Waals surface area contributed by atoms with Crippen LogP contribution in [0.4, 0.5) is 0 Å². The van der Waals surface area contributed by atoms with E-state index in [4.69, 9.17) is 4.74 Å². The highest BCUT2D eigenvalue weighted by molar-refractivity contribution is 5.50. The molecule has 2 heteroatoms. The van der Waals surface area contributed by atoms with Crippen molar-refractivity contribution in [2.45, 2.75) is 20.3 Å². The summed E-state index contributed by atoms with van der Waals surface area (Å²) in [6, 6.07) is 3.88. The first-order chi connectivity index (χ1) is 5.70. The molecule has 0 heterocycles. The Hall–Kier alpha value is -1.18. The molecule has 1 aromatic carbocycles. The van der Waals surface area contributed by atoms with E-state index in [0.29, 0.717) is 5.75 Å². The third kappa shape index (κ3) is 1.37. The quantitative estimate of drug-likeness (QED) is 0.730. The minimum absolute atomic E-state index is 0.278. The number of hydrogen-bond acceptors (Lipinski definition) is 2. The van der Waals surface area contributed by atoms with Crippen molar-refractivity contribution in [3.05, 3.63) is 23.3 Å². The third-order valence-corrected chi connectivity index (χ3v) is 2.00. The molecule has 0 saturated heterocycles. The Kier molecular flexibility index (Phi) is 2.58. The Morgan fingerprint density at radius 1 is 1.42 bits per heavy atom. The van der Waals surface area contributed by atoms with Crippen LogP contribution in [0.2, 0.25) is 0 Å². The second-order valence-electron chi connectivity index (χ2n) is 2.78. The standard InChI is InChI=1S/C10H14O2/c1-4-8-6-5-7(2)10(12-3)9(8)11/h5-6,11H,4H2,1-3H3. The second kappa shape index (κ2) is 3.48. The van der Waals surface area contributed by atoms with Crippen LogP contribution in [0.25, 0.3) is 0 Å². The van der Waals surface area contributed by atoms with E-state index in [2.05, 4.69) is 0 Å². The van der Waals surface area contributed by atoms with Crippen LogP contribution in [0, 0.1) is 6.92 Å². The summed E-state index contributed by atoms with van der Waals surface area (Å²) < 4.78 is 5.07. The predicted molar refractivity (Wildman–Crippen MR) is 48.8 cm³/mol. The van der Waals surface area contributed by atoms with Crippen LogP contribution in [0.1, 0.15) is 18.1 Å². The van der Waals surface area contributed by atoms with E-state index in [1.165, 1.54) is 0 Å². The van der Waals surface area contributed by atoms with Gasteiger partial charge in [0.15, 0.2) is 11.5 Å². The normalized spacial score (nSPS) is 9.92. The Morgan fingerprint density at radius 2 is 2.08 bits per heavy atom. The first kappa shape index (κ1) is 8.91. The maximum atomic E-state index is 9.64. The molecule has 0 aliphatic carbocycles. The van der Waals surface area contributed by atoms with Gasteiger partial charge in [-0.15, -0.1) is 0 Å². The summed E-state index contributed by atoms with van der Waals surface area (Å²) in [6.45, 7) is 3.92. The van der Waals surface area contributed by atoms with Crippen LogP contribution in [0.15, 0.2) is 12.1 Å². The zero-order valence-corrected chi connectivity index (χ0v) is 7.72. The molecule has 0 bridgehead atoms. The van der Waals surface area contributed by atoms with Crippen LogP contribution in [-0.4, -0.2) is 12.2 Å². The fourth-order valence-corrected chi connectivity index (χ4v) is 1.26. The number of ether oxygens (including phenoxy) is 1. The monoisotopic (exact) mass is 166 g/mol. The molecule has 0 amide bonds. The second-order valence-corrected chi connectivity index (χ2v) is 2.78. The molecular formula is C10H14O2. The largest absolute Gasteiger partial charge is 0.504 e. The molecule has 0 saturated carbocycles. The number of aromatic hydroxyl groups is 1. The molecule has 1 aromatic rings. The molecule has 1 rings (SSSR count). The topological polar surface area (TPSA) is 29.5 Å². The molecule has 0 aromatic heterocycles. The summed E-state index contributed by atoms with van der Waals surface area (Å²) in [5, 5.41) is 9.64. The maximum absolute atomic E-state index is 9.64. The predicted octanol–water partition coefficient (Wildman–Crippen LogP) is 2.27. The highest BCUT2D eigenvalue weighted by Gasteiger charge is 2.08. The van der Waals surface area contributed by atoms with Gasteiger partial charge in [0.05, 0.1) is 7.11 Å². The van der Waals surface area contributed by atoms with Gasteiger partial charge in [0.1, 0.15) is 0 Å². The molecule has 0 aliphatic rings. The van der Waals surface area contributed by atoms with Crippen molar-refractivity contribution < 1.29 is 9.84 Å². The van der Waals surface area contributed by atoms with Gasteiger partial charge in [-0.3, -0.25) is 0 Å². The fraction of sp³-hybridized carbons (Fsp3) is 0.400. The number of phenols is 1. The molecular weight excluding hydrogens is 152 g/mol. The van der Waals surface area contributed by atoms with Crippen LogP contribution >= 0.6 is 0 Å². The smallest absolute Gasteiger partial charge is 0.163 e. The van der Waals surface area contributed by atoms with Crippen LogP contribution in [-0.2, 0) is 6.42 Å². The van der Waals surface area contributed by atoms with Gasteiger partial charge in [-0.2, -0.15) is 0 Å². The molecule has 0 fully saturated rings. The molecule has 12 heavy (non-hydrogen) atoms. The van der Waals surface area contributed by atoms with Crippen molar-refractivity contribution in [3.63, 3.8) is 0 Å². The molecule has 0 unspecified atom stereocenters. The van der Waals surface area contributed by atoms with Crippen LogP contribution in [0.3, 0.4) is 0 Å². The number of hydrogen-bond donors (Lipinski definition) is 1. The number of phenolic OH excluding ortho intramolecular Hbond substituents is 1. The Bertz CT molecular complexity index is 279. The summed E-state index contributed by atoms with van der Waals surface area (Å²) in [7, 11) is 1.57. The van der Waals surface area contributed by atoms with Gasteiger partial charge in [-0.1, -0.05) is 19.1 Å².